The number of alkyl halides is 7. The summed E-state index contributed by atoms with van der Waals surface area (Å²) >= 11 is 26.7. The minimum absolute atomic E-state index is 0.0148. The number of anilines is 2. The molecule has 0 saturated heterocycles. The van der Waals surface area contributed by atoms with Crippen LogP contribution in [0, 0.1) is 0 Å². The van der Waals surface area contributed by atoms with Crippen molar-refractivity contribution in [2.75, 3.05) is 22.5 Å². The molecule has 4 amide bonds. The van der Waals surface area contributed by atoms with Crippen LogP contribution in [0.3, 0.4) is 0 Å². The Kier molecular flexibility index (Phi) is 17.5. The molecule has 2 aliphatic heterocycles. The SMILES string of the molecule is FC(F)(F)CCCI.Nc1nc2c(c(-c3c(Cl)cc(Cl)cc3OCCCC(F)(F)F)n1)CN(C(=O)NC1CCC1)C2.Nc1nc2c(c(-c3c(O)cc(Cl)cc3Cl)n1)CN(C(=O)NC1CCC1)C2. The number of aromatic hydroxyl groups is 1. The molecule has 4 heterocycles. The third-order valence-corrected chi connectivity index (χ3v) is 12.8. The van der Waals surface area contributed by atoms with Crippen LogP contribution in [0.5, 0.6) is 11.5 Å². The molecule has 14 nitrogen and oxygen atoms in total. The molecule has 0 radical (unpaired) electrons. The van der Waals surface area contributed by atoms with Crippen molar-refractivity contribution < 1.29 is 45.8 Å². The second-order valence-corrected chi connectivity index (χ2v) is 18.9. The number of aromatic nitrogens is 4. The first-order chi connectivity index (χ1) is 31.6. The highest BCUT2D eigenvalue weighted by Gasteiger charge is 2.34. The van der Waals surface area contributed by atoms with Gasteiger partial charge in [-0.15, -0.1) is 0 Å². The van der Waals surface area contributed by atoms with Gasteiger partial charge in [-0.2, -0.15) is 26.3 Å². The first-order valence-corrected chi connectivity index (χ1v) is 24.0. The zero-order chi connectivity index (χ0) is 48.8. The maximum atomic E-state index is 12.7. The Balaban J connectivity index is 0.000000194. The number of ether oxygens (including phenoxy) is 1. The van der Waals surface area contributed by atoms with E-state index in [0.29, 0.717) is 62.0 Å². The van der Waals surface area contributed by atoms with Crippen LogP contribution in [0.2, 0.25) is 20.1 Å². The molecule has 4 aromatic rings. The summed E-state index contributed by atoms with van der Waals surface area (Å²) in [5, 5.41) is 17.4. The van der Waals surface area contributed by atoms with E-state index in [0.717, 1.165) is 44.1 Å². The number of nitrogens with zero attached hydrogens (tertiary/aromatic N) is 6. The average molecular weight is 1140 g/mol. The van der Waals surface area contributed by atoms with Crippen LogP contribution in [0.4, 0.5) is 47.8 Å². The van der Waals surface area contributed by atoms with E-state index >= 15 is 0 Å². The van der Waals surface area contributed by atoms with Gasteiger partial charge in [-0.25, -0.2) is 29.5 Å². The summed E-state index contributed by atoms with van der Waals surface area (Å²) in [5.41, 5.74) is 15.8. The summed E-state index contributed by atoms with van der Waals surface area (Å²) in [6, 6.07) is 5.97. The number of carbonyl (C=O) groups is 2. The van der Waals surface area contributed by atoms with Crippen molar-refractivity contribution >= 4 is 93.0 Å². The van der Waals surface area contributed by atoms with E-state index in [2.05, 4.69) is 30.6 Å². The quantitative estimate of drug-likeness (QED) is 0.0441. The first kappa shape index (κ1) is 52.2. The lowest BCUT2D eigenvalue weighted by Gasteiger charge is -2.28. The molecule has 2 saturated carbocycles. The lowest BCUT2D eigenvalue weighted by molar-refractivity contribution is -0.136. The van der Waals surface area contributed by atoms with Gasteiger partial charge < -0.3 is 41.7 Å². The van der Waals surface area contributed by atoms with Crippen LogP contribution in [0.1, 0.15) is 86.7 Å². The van der Waals surface area contributed by atoms with E-state index < -0.39 is 25.2 Å². The topological polar surface area (TPSA) is 198 Å². The maximum absolute atomic E-state index is 12.7. The fourth-order valence-electron chi connectivity index (χ4n) is 7.30. The van der Waals surface area contributed by atoms with Crippen molar-refractivity contribution in [2.24, 2.45) is 0 Å². The molecular weight excluding hydrogens is 1090 g/mol. The van der Waals surface area contributed by atoms with E-state index in [4.69, 9.17) is 62.6 Å². The highest BCUT2D eigenvalue weighted by atomic mass is 127. The van der Waals surface area contributed by atoms with Crippen molar-refractivity contribution in [1.29, 1.82) is 0 Å². The maximum Gasteiger partial charge on any atom is 0.389 e. The summed E-state index contributed by atoms with van der Waals surface area (Å²) in [6.07, 6.45) is -3.65. The normalized spacial score (nSPS) is 15.6. The smallest absolute Gasteiger partial charge is 0.389 e. The summed E-state index contributed by atoms with van der Waals surface area (Å²) in [6.45, 7) is 0.944. The van der Waals surface area contributed by atoms with Crippen molar-refractivity contribution in [3.63, 3.8) is 0 Å². The first-order valence-electron chi connectivity index (χ1n) is 21.0. The monoisotopic (exact) mass is 1130 g/mol. The number of amides is 4. The van der Waals surface area contributed by atoms with Crippen molar-refractivity contribution in [3.05, 3.63) is 66.9 Å². The fourth-order valence-corrected chi connectivity index (χ4v) is 8.81. The predicted molar refractivity (Wildman–Crippen MR) is 251 cm³/mol. The van der Waals surface area contributed by atoms with Gasteiger partial charge in [-0.1, -0.05) is 69.0 Å². The van der Waals surface area contributed by atoms with Gasteiger partial charge in [0.15, 0.2) is 0 Å². The second kappa shape index (κ2) is 22.5. The number of halogens is 11. The molecule has 0 unspecified atom stereocenters. The van der Waals surface area contributed by atoms with Crippen LogP contribution in [-0.2, 0) is 26.2 Å². The van der Waals surface area contributed by atoms with E-state index in [-0.39, 0.29) is 95.1 Å². The molecular formula is C42H45Cl4F6IN10O4. The second-order valence-electron chi connectivity index (χ2n) is 16.1. The third-order valence-electron chi connectivity index (χ3n) is 11.0. The molecule has 25 heteroatoms. The van der Waals surface area contributed by atoms with Crippen LogP contribution < -0.4 is 26.8 Å². The molecule has 2 aromatic heterocycles. The van der Waals surface area contributed by atoms with Gasteiger partial charge in [0.2, 0.25) is 11.9 Å². The summed E-state index contributed by atoms with van der Waals surface area (Å²) in [7, 11) is 0. The molecule has 2 fully saturated rings. The Hall–Kier alpha value is -4.19. The molecule has 364 valence electrons. The predicted octanol–water partition coefficient (Wildman–Crippen LogP) is 11.4. The van der Waals surface area contributed by atoms with Gasteiger partial charge in [-0.3, -0.25) is 0 Å². The number of urea groups is 2. The third kappa shape index (κ3) is 14.2. The number of nitrogens with two attached hydrogens (primary N) is 2. The standard InChI is InChI=1S/C21H22Cl2F3N5O2.C17H17Cl2N5O2.C4H6F3I/c22-11-7-14(23)17(16(8-11)33-6-2-5-21(24,25)26)18-13-9-31(10-15(13)29-19(27)30-18)20(32)28-12-3-1-4-12;18-8-4-11(19)14(13(25)5-8)15-10-6-24(7-12(10)22-16(20)23-15)17(26)21-9-2-1-3-9;5-4(6,7)2-1-3-8/h7-8,12H,1-6,9-10H2,(H,28,32)(H2,27,29,30);4-5,9,25H,1-3,6-7H2,(H,21,26)(H2,20,22,23);1-3H2. The van der Waals surface area contributed by atoms with Gasteiger partial charge in [-0.05, 0) is 80.1 Å². The largest absolute Gasteiger partial charge is 0.507 e. The van der Waals surface area contributed by atoms with Gasteiger partial charge in [0, 0.05) is 46.1 Å². The van der Waals surface area contributed by atoms with Crippen LogP contribution in [0.15, 0.2) is 24.3 Å². The molecule has 0 atom stereocenters. The Morgan fingerprint density at radius 2 is 1.15 bits per heavy atom. The molecule has 0 bridgehead atoms. The number of hydrogen-bond donors (Lipinski definition) is 5. The van der Waals surface area contributed by atoms with Crippen LogP contribution in [-0.4, -0.2) is 82.4 Å². The Morgan fingerprint density at radius 1 is 0.701 bits per heavy atom. The molecule has 2 aromatic carbocycles. The number of fused-ring (bicyclic) bond motifs is 2. The number of carbonyl (C=O) groups excluding carboxylic acids is 2. The van der Waals surface area contributed by atoms with Crippen molar-refractivity contribution in [2.45, 2.75) is 115 Å². The number of rotatable bonds is 10. The van der Waals surface area contributed by atoms with Gasteiger partial charge >= 0.3 is 24.4 Å². The summed E-state index contributed by atoms with van der Waals surface area (Å²) < 4.78 is 77.4. The van der Waals surface area contributed by atoms with Gasteiger partial charge in [0.25, 0.3) is 0 Å². The van der Waals surface area contributed by atoms with E-state index in [1.54, 1.807) is 9.80 Å². The zero-order valence-electron chi connectivity index (χ0n) is 35.4. The molecule has 7 N–H and O–H groups in total. The lowest BCUT2D eigenvalue weighted by Crippen LogP contribution is -2.45. The number of phenolic OH excluding ortho intramolecular Hbond substituents is 1. The minimum atomic E-state index is -4.27. The zero-order valence-corrected chi connectivity index (χ0v) is 40.6. The number of nitrogen functional groups attached to an aromatic ring is 2. The highest BCUT2D eigenvalue weighted by Crippen LogP contribution is 2.44. The van der Waals surface area contributed by atoms with Gasteiger partial charge in [0.1, 0.15) is 11.5 Å². The number of nitrogens with one attached hydrogen (secondary N) is 2. The Labute approximate surface area is 414 Å². The molecule has 2 aliphatic carbocycles. The van der Waals surface area contributed by atoms with E-state index in [1.807, 2.05) is 22.6 Å². The minimum Gasteiger partial charge on any atom is -0.507 e. The molecule has 67 heavy (non-hydrogen) atoms. The number of hydrogen-bond acceptors (Lipinski definition) is 10. The lowest BCUT2D eigenvalue weighted by atomic mass is 9.93. The molecule has 0 spiro atoms. The fraction of sp³-hybridized carbons (Fsp3) is 0.476. The Bertz CT molecular complexity index is 2430. The van der Waals surface area contributed by atoms with E-state index in [1.165, 1.54) is 24.3 Å². The summed E-state index contributed by atoms with van der Waals surface area (Å²) in [4.78, 5) is 45.5. The Morgan fingerprint density at radius 3 is 1.57 bits per heavy atom. The number of phenols is 1. The molecule has 8 rings (SSSR count). The highest BCUT2D eigenvalue weighted by molar-refractivity contribution is 14.1. The summed E-state index contributed by atoms with van der Waals surface area (Å²) in [5.74, 6) is 0.136. The van der Waals surface area contributed by atoms with Gasteiger partial charge in [0.05, 0.1) is 76.7 Å². The van der Waals surface area contributed by atoms with Crippen LogP contribution in [0.25, 0.3) is 22.5 Å². The van der Waals surface area contributed by atoms with Crippen molar-refractivity contribution in [3.8, 4) is 34.0 Å². The average Bonchev–Trinajstić information content (AvgIpc) is 3.83. The molecule has 4 aliphatic rings. The van der Waals surface area contributed by atoms with E-state index in [9.17, 15) is 41.0 Å². The van der Waals surface area contributed by atoms with Crippen molar-refractivity contribution in [1.82, 2.24) is 40.4 Å². The number of benzene rings is 2. The van der Waals surface area contributed by atoms with Crippen LogP contribution >= 0.6 is 69.0 Å².